The van der Waals surface area contributed by atoms with Crippen molar-refractivity contribution < 1.29 is 0 Å². The fourth-order valence-corrected chi connectivity index (χ4v) is 3.51. The van der Waals surface area contributed by atoms with Crippen molar-refractivity contribution in [2.24, 2.45) is 5.41 Å². The average molecular weight is 292 g/mol. The molecule has 0 amide bonds. The van der Waals surface area contributed by atoms with Crippen molar-refractivity contribution in [1.29, 1.82) is 0 Å². The summed E-state index contributed by atoms with van der Waals surface area (Å²) in [6.07, 6.45) is 3.36. The molecular weight excluding hydrogens is 264 g/mol. The summed E-state index contributed by atoms with van der Waals surface area (Å²) >= 11 is 1.85. The lowest BCUT2D eigenvalue weighted by Crippen LogP contribution is -2.60. The first-order chi connectivity index (χ1) is 9.47. The minimum Gasteiger partial charge on any atom is -0.365 e. The Balaban J connectivity index is 2.29. The molecule has 0 radical (unpaired) electrons. The van der Waals surface area contributed by atoms with E-state index in [1.807, 2.05) is 11.8 Å². The average Bonchev–Trinajstić information content (AvgIpc) is 2.45. The van der Waals surface area contributed by atoms with Crippen LogP contribution in [0.3, 0.4) is 0 Å². The Kier molecular flexibility index (Phi) is 5.03. The maximum absolute atomic E-state index is 3.75. The van der Waals surface area contributed by atoms with E-state index in [0.29, 0.717) is 17.5 Å². The van der Waals surface area contributed by atoms with Gasteiger partial charge in [0, 0.05) is 30.1 Å². The first-order valence-electron chi connectivity index (χ1n) is 7.60. The second-order valence-electron chi connectivity index (χ2n) is 6.71. The molecule has 0 spiro atoms. The van der Waals surface area contributed by atoms with Gasteiger partial charge >= 0.3 is 0 Å². The number of rotatable bonds is 3. The third-order valence-electron chi connectivity index (χ3n) is 4.33. The summed E-state index contributed by atoms with van der Waals surface area (Å²) in [4.78, 5) is 4.01. The SMILES string of the molecule is CCC1CNC(C(C)(C)C)CN1c1ccccc1SC. The van der Waals surface area contributed by atoms with Crippen LogP contribution in [0.1, 0.15) is 34.1 Å². The Labute approximate surface area is 128 Å². The minimum atomic E-state index is 0.297. The number of nitrogens with one attached hydrogen (secondary N) is 1. The molecule has 1 fully saturated rings. The molecule has 20 heavy (non-hydrogen) atoms. The van der Waals surface area contributed by atoms with E-state index in [4.69, 9.17) is 0 Å². The first-order valence-corrected chi connectivity index (χ1v) is 8.83. The third kappa shape index (κ3) is 3.32. The van der Waals surface area contributed by atoms with Crippen molar-refractivity contribution >= 4 is 17.4 Å². The fraction of sp³-hybridized carbons (Fsp3) is 0.647. The highest BCUT2D eigenvalue weighted by molar-refractivity contribution is 7.98. The van der Waals surface area contributed by atoms with E-state index in [2.05, 4.69) is 68.4 Å². The summed E-state index contributed by atoms with van der Waals surface area (Å²) < 4.78 is 0. The van der Waals surface area contributed by atoms with Crippen molar-refractivity contribution in [1.82, 2.24) is 5.32 Å². The largest absolute Gasteiger partial charge is 0.365 e. The van der Waals surface area contributed by atoms with Gasteiger partial charge in [0.25, 0.3) is 0 Å². The van der Waals surface area contributed by atoms with E-state index in [9.17, 15) is 0 Å². The van der Waals surface area contributed by atoms with E-state index < -0.39 is 0 Å². The van der Waals surface area contributed by atoms with Crippen LogP contribution < -0.4 is 10.2 Å². The Hall–Kier alpha value is -0.670. The summed E-state index contributed by atoms with van der Waals surface area (Å²) in [7, 11) is 0. The van der Waals surface area contributed by atoms with Crippen LogP contribution in [0.4, 0.5) is 5.69 Å². The lowest BCUT2D eigenvalue weighted by Gasteiger charge is -2.46. The van der Waals surface area contributed by atoms with Crippen molar-refractivity contribution in [2.75, 3.05) is 24.2 Å². The van der Waals surface area contributed by atoms with Crippen molar-refractivity contribution in [2.45, 2.75) is 51.1 Å². The van der Waals surface area contributed by atoms with E-state index in [1.54, 1.807) is 0 Å². The van der Waals surface area contributed by atoms with Gasteiger partial charge in [0.2, 0.25) is 0 Å². The number of benzene rings is 1. The van der Waals surface area contributed by atoms with Crippen LogP contribution in [0.25, 0.3) is 0 Å². The smallest absolute Gasteiger partial charge is 0.0507 e. The van der Waals surface area contributed by atoms with Gasteiger partial charge in [0.05, 0.1) is 5.69 Å². The molecule has 3 heteroatoms. The van der Waals surface area contributed by atoms with Gasteiger partial charge in [-0.05, 0) is 30.2 Å². The van der Waals surface area contributed by atoms with Crippen LogP contribution >= 0.6 is 11.8 Å². The number of hydrogen-bond donors (Lipinski definition) is 1. The number of para-hydroxylation sites is 1. The third-order valence-corrected chi connectivity index (χ3v) is 5.12. The topological polar surface area (TPSA) is 15.3 Å². The molecule has 0 aliphatic carbocycles. The van der Waals surface area contributed by atoms with Crippen LogP contribution in [0, 0.1) is 5.41 Å². The number of piperazine rings is 1. The number of hydrogen-bond acceptors (Lipinski definition) is 3. The van der Waals surface area contributed by atoms with Gasteiger partial charge in [-0.3, -0.25) is 0 Å². The summed E-state index contributed by atoms with van der Waals surface area (Å²) in [6.45, 7) is 11.5. The van der Waals surface area contributed by atoms with Gasteiger partial charge in [-0.15, -0.1) is 11.8 Å². The van der Waals surface area contributed by atoms with Gasteiger partial charge in [-0.2, -0.15) is 0 Å². The first kappa shape index (κ1) is 15.7. The van der Waals surface area contributed by atoms with Gasteiger partial charge in [-0.1, -0.05) is 39.8 Å². The molecule has 112 valence electrons. The van der Waals surface area contributed by atoms with Crippen LogP contribution in [-0.4, -0.2) is 31.4 Å². The van der Waals surface area contributed by atoms with Crippen LogP contribution in [0.5, 0.6) is 0 Å². The predicted molar refractivity (Wildman–Crippen MR) is 90.9 cm³/mol. The van der Waals surface area contributed by atoms with Gasteiger partial charge in [-0.25, -0.2) is 0 Å². The molecule has 2 atom stereocenters. The normalized spacial score (nSPS) is 23.9. The summed E-state index contributed by atoms with van der Waals surface area (Å²) in [5.74, 6) is 0. The summed E-state index contributed by atoms with van der Waals surface area (Å²) in [6, 6.07) is 9.96. The molecule has 0 bridgehead atoms. The zero-order valence-corrected chi connectivity index (χ0v) is 14.3. The standard InChI is InChI=1S/C17H28N2S/c1-6-13-11-18-16(17(2,3)4)12-19(13)14-9-7-8-10-15(14)20-5/h7-10,13,16,18H,6,11-12H2,1-5H3. The maximum atomic E-state index is 3.75. The van der Waals surface area contributed by atoms with Crippen LogP contribution in [0.2, 0.25) is 0 Å². The molecule has 0 saturated carbocycles. The predicted octanol–water partition coefficient (Wildman–Crippen LogP) is 4.01. The Morgan fingerprint density at radius 2 is 2.00 bits per heavy atom. The zero-order valence-electron chi connectivity index (χ0n) is 13.4. The molecule has 1 aliphatic heterocycles. The Morgan fingerprint density at radius 3 is 2.60 bits per heavy atom. The molecule has 1 heterocycles. The van der Waals surface area contributed by atoms with E-state index in [1.165, 1.54) is 17.0 Å². The van der Waals surface area contributed by atoms with Crippen molar-refractivity contribution in [3.05, 3.63) is 24.3 Å². The molecular formula is C17H28N2S. The summed E-state index contributed by atoms with van der Waals surface area (Å²) in [5, 5.41) is 3.75. The second-order valence-corrected chi connectivity index (χ2v) is 7.56. The molecule has 1 N–H and O–H groups in total. The molecule has 0 aromatic heterocycles. The highest BCUT2D eigenvalue weighted by Crippen LogP contribution is 2.33. The molecule has 1 aromatic carbocycles. The highest BCUT2D eigenvalue weighted by Gasteiger charge is 2.34. The lowest BCUT2D eigenvalue weighted by molar-refractivity contribution is 0.233. The second kappa shape index (κ2) is 6.40. The number of anilines is 1. The molecule has 2 rings (SSSR count). The number of nitrogens with zero attached hydrogens (tertiary/aromatic N) is 1. The quantitative estimate of drug-likeness (QED) is 0.847. The minimum absolute atomic E-state index is 0.297. The number of thioether (sulfide) groups is 1. The monoisotopic (exact) mass is 292 g/mol. The lowest BCUT2D eigenvalue weighted by atomic mass is 9.84. The Morgan fingerprint density at radius 1 is 1.30 bits per heavy atom. The van der Waals surface area contributed by atoms with Crippen LogP contribution in [-0.2, 0) is 0 Å². The zero-order chi connectivity index (χ0) is 14.8. The molecule has 2 nitrogen and oxygen atoms in total. The molecule has 2 unspecified atom stereocenters. The van der Waals surface area contributed by atoms with Crippen molar-refractivity contribution in [3.8, 4) is 0 Å². The molecule has 1 aromatic rings. The van der Waals surface area contributed by atoms with Gasteiger partial charge in [0.1, 0.15) is 0 Å². The molecule has 1 aliphatic rings. The van der Waals surface area contributed by atoms with Crippen LogP contribution in [0.15, 0.2) is 29.2 Å². The van der Waals surface area contributed by atoms with E-state index in [-0.39, 0.29) is 0 Å². The molecule has 1 saturated heterocycles. The Bertz CT molecular complexity index is 439. The summed E-state index contributed by atoms with van der Waals surface area (Å²) in [5.41, 5.74) is 1.70. The van der Waals surface area contributed by atoms with Gasteiger partial charge < -0.3 is 10.2 Å². The fourth-order valence-electron chi connectivity index (χ4n) is 2.91. The highest BCUT2D eigenvalue weighted by atomic mass is 32.2. The van der Waals surface area contributed by atoms with Crippen molar-refractivity contribution in [3.63, 3.8) is 0 Å². The maximum Gasteiger partial charge on any atom is 0.0507 e. The van der Waals surface area contributed by atoms with E-state index in [0.717, 1.165) is 13.1 Å². The van der Waals surface area contributed by atoms with E-state index >= 15 is 0 Å². The van der Waals surface area contributed by atoms with Gasteiger partial charge in [0.15, 0.2) is 0 Å².